The Morgan fingerprint density at radius 3 is 2.12 bits per heavy atom. The van der Waals surface area contributed by atoms with E-state index in [2.05, 4.69) is 16.0 Å². The number of ether oxygens (including phenoxy) is 1. The van der Waals surface area contributed by atoms with Crippen molar-refractivity contribution in [3.05, 3.63) is 35.9 Å². The SMILES string of the molecule is CC(C)CC(NC(=O)C(Cc1ccccc1)NC(=O)CNC(=O)OC(C)(C)C)C(=O)CC(=O)O. The molecule has 2 atom stereocenters. The number of hydrogen-bond donors (Lipinski definition) is 4. The Bertz CT molecular complexity index is 863. The quantitative estimate of drug-likeness (QED) is 0.335. The van der Waals surface area contributed by atoms with Crippen LogP contribution in [0.2, 0.25) is 0 Å². The Balaban J connectivity index is 2.93. The van der Waals surface area contributed by atoms with Gasteiger partial charge in [0.25, 0.3) is 0 Å². The van der Waals surface area contributed by atoms with Crippen LogP contribution in [0.1, 0.15) is 53.0 Å². The van der Waals surface area contributed by atoms with Gasteiger partial charge in [0.05, 0.1) is 6.04 Å². The van der Waals surface area contributed by atoms with Gasteiger partial charge in [0.2, 0.25) is 11.8 Å². The second-order valence-electron chi connectivity index (χ2n) is 9.39. The topological polar surface area (TPSA) is 151 Å². The summed E-state index contributed by atoms with van der Waals surface area (Å²) < 4.78 is 5.09. The minimum Gasteiger partial charge on any atom is -0.481 e. The Kier molecular flexibility index (Phi) is 11.2. The second kappa shape index (κ2) is 13.3. The zero-order valence-corrected chi connectivity index (χ0v) is 20.3. The number of carboxylic acids is 1. The van der Waals surface area contributed by atoms with Crippen LogP contribution < -0.4 is 16.0 Å². The van der Waals surface area contributed by atoms with E-state index in [1.165, 1.54) is 0 Å². The Labute approximate surface area is 199 Å². The van der Waals surface area contributed by atoms with Gasteiger partial charge in [-0.3, -0.25) is 19.2 Å². The molecule has 0 heterocycles. The van der Waals surface area contributed by atoms with E-state index in [0.29, 0.717) is 0 Å². The molecule has 0 aliphatic carbocycles. The van der Waals surface area contributed by atoms with Gasteiger partial charge in [0, 0.05) is 6.42 Å². The fourth-order valence-electron chi connectivity index (χ4n) is 3.06. The predicted octanol–water partition coefficient (Wildman–Crippen LogP) is 1.81. The van der Waals surface area contributed by atoms with Crippen molar-refractivity contribution in [2.75, 3.05) is 6.54 Å². The van der Waals surface area contributed by atoms with Gasteiger partial charge in [0.15, 0.2) is 5.78 Å². The second-order valence-corrected chi connectivity index (χ2v) is 9.39. The first kappa shape index (κ1) is 28.6. The molecule has 1 aromatic rings. The summed E-state index contributed by atoms with van der Waals surface area (Å²) in [6.45, 7) is 8.34. The molecule has 10 heteroatoms. The molecule has 0 aliphatic heterocycles. The molecule has 0 aliphatic rings. The van der Waals surface area contributed by atoms with E-state index in [9.17, 15) is 24.0 Å². The number of hydrogen-bond acceptors (Lipinski definition) is 6. The lowest BCUT2D eigenvalue weighted by Gasteiger charge is -2.24. The number of carbonyl (C=O) groups excluding carboxylic acids is 4. The van der Waals surface area contributed by atoms with Gasteiger partial charge in [-0.05, 0) is 38.7 Å². The number of amides is 3. The van der Waals surface area contributed by atoms with Crippen molar-refractivity contribution in [3.8, 4) is 0 Å². The van der Waals surface area contributed by atoms with E-state index in [1.54, 1.807) is 45.0 Å². The zero-order valence-electron chi connectivity index (χ0n) is 20.3. The summed E-state index contributed by atoms with van der Waals surface area (Å²) in [6.07, 6.45) is -1.10. The molecule has 0 radical (unpaired) electrons. The van der Waals surface area contributed by atoms with Crippen LogP contribution in [0.3, 0.4) is 0 Å². The summed E-state index contributed by atoms with van der Waals surface area (Å²) in [5, 5.41) is 16.5. The highest BCUT2D eigenvalue weighted by atomic mass is 16.6. The number of rotatable bonds is 12. The number of carboxylic acid groups (broad SMARTS) is 1. The minimum atomic E-state index is -1.28. The van der Waals surface area contributed by atoms with Crippen LogP contribution in [0.4, 0.5) is 4.79 Å². The molecule has 1 aromatic carbocycles. The van der Waals surface area contributed by atoms with Crippen LogP contribution >= 0.6 is 0 Å². The van der Waals surface area contributed by atoms with E-state index in [4.69, 9.17) is 9.84 Å². The molecule has 10 nitrogen and oxygen atoms in total. The molecular weight excluding hydrogens is 442 g/mol. The number of alkyl carbamates (subject to hydrolysis) is 1. The van der Waals surface area contributed by atoms with E-state index < -0.39 is 60.3 Å². The van der Waals surface area contributed by atoms with E-state index in [1.807, 2.05) is 19.9 Å². The number of nitrogens with one attached hydrogen (secondary N) is 3. The number of benzene rings is 1. The van der Waals surface area contributed by atoms with Crippen molar-refractivity contribution in [1.29, 1.82) is 0 Å². The summed E-state index contributed by atoms with van der Waals surface area (Å²) in [5.74, 6) is -3.14. The van der Waals surface area contributed by atoms with Gasteiger partial charge < -0.3 is 25.8 Å². The van der Waals surface area contributed by atoms with Crippen LogP contribution in [-0.2, 0) is 30.3 Å². The molecular formula is C24H35N3O7. The molecule has 0 bridgehead atoms. The van der Waals surface area contributed by atoms with Crippen molar-refractivity contribution in [2.24, 2.45) is 5.92 Å². The lowest BCUT2D eigenvalue weighted by molar-refractivity contribution is -0.141. The molecule has 4 N–H and O–H groups in total. The third-order valence-corrected chi connectivity index (χ3v) is 4.46. The van der Waals surface area contributed by atoms with Crippen molar-refractivity contribution < 1.29 is 33.8 Å². The maximum absolute atomic E-state index is 13.1. The lowest BCUT2D eigenvalue weighted by atomic mass is 9.97. The fourth-order valence-corrected chi connectivity index (χ4v) is 3.06. The minimum absolute atomic E-state index is 0.0169. The summed E-state index contributed by atoms with van der Waals surface area (Å²) in [5.41, 5.74) is 0.0323. The van der Waals surface area contributed by atoms with Crippen LogP contribution in [0.5, 0.6) is 0 Å². The van der Waals surface area contributed by atoms with Crippen molar-refractivity contribution in [3.63, 3.8) is 0 Å². The standard InChI is InChI=1S/C24H35N3O7/c1-15(2)11-17(19(28)13-21(30)31)27-22(32)18(12-16-9-7-6-8-10-16)26-20(29)14-25-23(33)34-24(3,4)5/h6-10,15,17-18H,11-14H2,1-5H3,(H,25,33)(H,26,29)(H,27,32)(H,30,31). The van der Waals surface area contributed by atoms with E-state index in [0.717, 1.165) is 5.56 Å². The smallest absolute Gasteiger partial charge is 0.408 e. The van der Waals surface area contributed by atoms with Gasteiger partial charge in [0.1, 0.15) is 24.6 Å². The van der Waals surface area contributed by atoms with Gasteiger partial charge >= 0.3 is 12.1 Å². The van der Waals surface area contributed by atoms with Gasteiger partial charge in [-0.25, -0.2) is 4.79 Å². The average Bonchev–Trinajstić information content (AvgIpc) is 2.70. The van der Waals surface area contributed by atoms with Gasteiger partial charge in [-0.1, -0.05) is 44.2 Å². The van der Waals surface area contributed by atoms with E-state index >= 15 is 0 Å². The predicted molar refractivity (Wildman–Crippen MR) is 125 cm³/mol. The molecule has 0 fully saturated rings. The highest BCUT2D eigenvalue weighted by molar-refractivity contribution is 6.00. The fraction of sp³-hybridized carbons (Fsp3) is 0.542. The number of Topliss-reactive ketones (excluding diaryl/α,β-unsaturated/α-hetero) is 1. The van der Waals surface area contributed by atoms with Crippen LogP contribution in [0.25, 0.3) is 0 Å². The van der Waals surface area contributed by atoms with Gasteiger partial charge in [-0.15, -0.1) is 0 Å². The largest absolute Gasteiger partial charge is 0.481 e. The van der Waals surface area contributed by atoms with Crippen molar-refractivity contribution >= 4 is 29.7 Å². The molecule has 2 unspecified atom stereocenters. The summed E-state index contributed by atoms with van der Waals surface area (Å²) >= 11 is 0. The molecule has 0 spiro atoms. The highest BCUT2D eigenvalue weighted by Gasteiger charge is 2.28. The Morgan fingerprint density at radius 1 is 0.971 bits per heavy atom. The Morgan fingerprint density at radius 2 is 1.59 bits per heavy atom. The molecule has 0 saturated heterocycles. The third kappa shape index (κ3) is 12.0. The molecule has 34 heavy (non-hydrogen) atoms. The van der Waals surface area contributed by atoms with Crippen molar-refractivity contribution in [1.82, 2.24) is 16.0 Å². The first-order chi connectivity index (χ1) is 15.8. The molecule has 188 valence electrons. The first-order valence-corrected chi connectivity index (χ1v) is 11.1. The zero-order chi connectivity index (χ0) is 25.9. The first-order valence-electron chi connectivity index (χ1n) is 11.1. The average molecular weight is 478 g/mol. The highest BCUT2D eigenvalue weighted by Crippen LogP contribution is 2.10. The number of aliphatic carboxylic acids is 1. The van der Waals surface area contributed by atoms with Crippen LogP contribution in [0, 0.1) is 5.92 Å². The molecule has 1 rings (SSSR count). The monoisotopic (exact) mass is 477 g/mol. The molecule has 0 aromatic heterocycles. The molecule has 3 amide bonds. The lowest BCUT2D eigenvalue weighted by Crippen LogP contribution is -2.54. The maximum Gasteiger partial charge on any atom is 0.408 e. The third-order valence-electron chi connectivity index (χ3n) is 4.46. The van der Waals surface area contributed by atoms with E-state index in [-0.39, 0.29) is 18.8 Å². The van der Waals surface area contributed by atoms with Crippen molar-refractivity contribution in [2.45, 2.75) is 71.6 Å². The van der Waals surface area contributed by atoms with Gasteiger partial charge in [-0.2, -0.15) is 0 Å². The maximum atomic E-state index is 13.1. The molecule has 0 saturated carbocycles. The Hall–Kier alpha value is -3.43. The number of carbonyl (C=O) groups is 5. The normalized spacial score (nSPS) is 12.9. The summed E-state index contributed by atoms with van der Waals surface area (Å²) in [6, 6.07) is 6.90. The summed E-state index contributed by atoms with van der Waals surface area (Å²) in [4.78, 5) is 60.7. The summed E-state index contributed by atoms with van der Waals surface area (Å²) in [7, 11) is 0. The van der Waals surface area contributed by atoms with Crippen LogP contribution in [-0.4, -0.2) is 59.0 Å². The number of ketones is 1. The van der Waals surface area contributed by atoms with Crippen LogP contribution in [0.15, 0.2) is 30.3 Å².